The topological polar surface area (TPSA) is 66.6 Å². The minimum absolute atomic E-state index is 0.424. The van der Waals surface area contributed by atoms with Crippen LogP contribution in [-0.4, -0.2) is 22.3 Å². The van der Waals surface area contributed by atoms with Gasteiger partial charge in [-0.05, 0) is 30.5 Å². The molecule has 0 radical (unpaired) electrons. The zero-order chi connectivity index (χ0) is 14.5. The van der Waals surface area contributed by atoms with E-state index in [9.17, 15) is 10.0 Å². The molecular weight excluding hydrogens is 292 g/mol. The van der Waals surface area contributed by atoms with Crippen molar-refractivity contribution in [1.29, 1.82) is 0 Å². The smallest absolute Gasteiger partial charge is 0.339 e. The average Bonchev–Trinajstić information content (AvgIpc) is 3.07. The van der Waals surface area contributed by atoms with Gasteiger partial charge in [0.2, 0.25) is 0 Å². The second-order valence-electron chi connectivity index (χ2n) is 4.15. The van der Waals surface area contributed by atoms with Crippen LogP contribution in [0, 0.1) is 11.8 Å². The molecule has 1 atom stereocenters. The lowest BCUT2D eigenvalue weighted by atomic mass is 10.3. The van der Waals surface area contributed by atoms with Gasteiger partial charge in [0.15, 0.2) is 0 Å². The molecule has 0 spiro atoms. The van der Waals surface area contributed by atoms with E-state index in [-0.39, 0.29) is 0 Å². The number of primary amides is 1. The first kappa shape index (κ1) is 14.6. The molecule has 6 heteroatoms. The normalized spacial score (nSPS) is 11.5. The fourth-order valence-corrected chi connectivity index (χ4v) is 3.26. The lowest BCUT2D eigenvalue weighted by molar-refractivity contribution is -0.0536. The van der Waals surface area contributed by atoms with Crippen molar-refractivity contribution in [3.63, 3.8) is 0 Å². The van der Waals surface area contributed by atoms with Gasteiger partial charge in [0.25, 0.3) is 0 Å². The number of urea groups is 1. The number of hydrogen-bond donors (Lipinski definition) is 2. The van der Waals surface area contributed by atoms with Crippen molar-refractivity contribution in [2.45, 2.75) is 19.4 Å². The van der Waals surface area contributed by atoms with Crippen molar-refractivity contribution in [3.05, 3.63) is 44.3 Å². The second-order valence-corrected chi connectivity index (χ2v) is 6.35. The quantitative estimate of drug-likeness (QED) is 0.520. The molecule has 4 nitrogen and oxygen atoms in total. The van der Waals surface area contributed by atoms with Gasteiger partial charge >= 0.3 is 6.03 Å². The van der Waals surface area contributed by atoms with Crippen LogP contribution in [0.15, 0.2) is 29.6 Å². The summed E-state index contributed by atoms with van der Waals surface area (Å²) in [6.45, 7) is 1.61. The third kappa shape index (κ3) is 3.84. The maximum Gasteiger partial charge on any atom is 0.339 e. The van der Waals surface area contributed by atoms with Crippen molar-refractivity contribution in [2.75, 3.05) is 0 Å². The van der Waals surface area contributed by atoms with Crippen LogP contribution in [0.2, 0.25) is 0 Å². The Morgan fingerprint density at radius 3 is 2.90 bits per heavy atom. The Hall–Kier alpha value is -1.81. The molecule has 0 fully saturated rings. The van der Waals surface area contributed by atoms with Crippen molar-refractivity contribution in [1.82, 2.24) is 5.06 Å². The van der Waals surface area contributed by atoms with Crippen LogP contribution in [0.3, 0.4) is 0 Å². The van der Waals surface area contributed by atoms with Crippen molar-refractivity contribution >= 4 is 28.7 Å². The summed E-state index contributed by atoms with van der Waals surface area (Å²) in [7, 11) is 0. The number of nitrogens with zero attached hydrogens (tertiary/aromatic N) is 1. The van der Waals surface area contributed by atoms with Gasteiger partial charge in [-0.1, -0.05) is 17.9 Å². The highest BCUT2D eigenvalue weighted by Crippen LogP contribution is 2.21. The summed E-state index contributed by atoms with van der Waals surface area (Å²) in [6.07, 6.45) is 0.910. The van der Waals surface area contributed by atoms with E-state index in [2.05, 4.69) is 23.3 Å². The molecule has 2 rings (SSSR count). The molecule has 2 heterocycles. The predicted octanol–water partition coefficient (Wildman–Crippen LogP) is 2.91. The van der Waals surface area contributed by atoms with Crippen molar-refractivity contribution < 1.29 is 10.0 Å². The van der Waals surface area contributed by atoms with Crippen LogP contribution in [0.4, 0.5) is 4.79 Å². The van der Waals surface area contributed by atoms with Gasteiger partial charge in [-0.3, -0.25) is 5.21 Å². The van der Waals surface area contributed by atoms with E-state index < -0.39 is 12.1 Å². The minimum atomic E-state index is -0.906. The van der Waals surface area contributed by atoms with E-state index in [1.54, 1.807) is 29.6 Å². The summed E-state index contributed by atoms with van der Waals surface area (Å²) in [5.41, 5.74) is 4.96. The van der Waals surface area contributed by atoms with Crippen LogP contribution in [0.25, 0.3) is 0 Å². The second kappa shape index (κ2) is 6.57. The molecule has 2 aromatic heterocycles. The van der Waals surface area contributed by atoms with Gasteiger partial charge in [-0.2, -0.15) is 5.06 Å². The van der Waals surface area contributed by atoms with Gasteiger partial charge in [-0.25, -0.2) is 4.79 Å². The summed E-state index contributed by atoms with van der Waals surface area (Å²) >= 11 is 3.34. The van der Waals surface area contributed by atoms with E-state index in [4.69, 9.17) is 5.73 Å². The van der Waals surface area contributed by atoms with Crippen LogP contribution < -0.4 is 5.73 Å². The Kier molecular flexibility index (Phi) is 4.79. The van der Waals surface area contributed by atoms with E-state index in [0.29, 0.717) is 5.06 Å². The molecule has 0 aromatic carbocycles. The molecule has 2 aromatic rings. The highest BCUT2D eigenvalue weighted by molar-refractivity contribution is 7.13. The number of carbonyl (C=O) groups excluding carboxylic acids is 1. The third-order valence-corrected chi connectivity index (χ3v) is 4.46. The number of carbonyl (C=O) groups is 1. The molecule has 104 valence electrons. The molecule has 1 unspecified atom stereocenters. The highest BCUT2D eigenvalue weighted by atomic mass is 32.1. The van der Waals surface area contributed by atoms with Crippen LogP contribution in [0.5, 0.6) is 0 Å². The van der Waals surface area contributed by atoms with Gasteiger partial charge in [0.1, 0.15) is 6.04 Å². The van der Waals surface area contributed by atoms with E-state index in [1.165, 1.54) is 9.75 Å². The maximum absolute atomic E-state index is 10.8. The summed E-state index contributed by atoms with van der Waals surface area (Å²) in [5, 5.41) is 11.8. The van der Waals surface area contributed by atoms with E-state index >= 15 is 0 Å². The Labute approximate surface area is 125 Å². The van der Waals surface area contributed by atoms with Crippen LogP contribution in [0.1, 0.15) is 21.6 Å². The number of hydrogen-bond acceptors (Lipinski definition) is 4. The fourth-order valence-electron chi connectivity index (χ4n) is 1.55. The predicted molar refractivity (Wildman–Crippen MR) is 81.0 cm³/mol. The average molecular weight is 306 g/mol. The van der Waals surface area contributed by atoms with Crippen LogP contribution in [-0.2, 0) is 6.42 Å². The fraction of sp³-hybridized carbons (Fsp3) is 0.214. The zero-order valence-corrected chi connectivity index (χ0v) is 12.5. The summed E-state index contributed by atoms with van der Waals surface area (Å²) < 4.78 is 0. The van der Waals surface area contributed by atoms with Gasteiger partial charge in [0, 0.05) is 16.2 Å². The molecule has 0 saturated heterocycles. The summed E-state index contributed by atoms with van der Waals surface area (Å²) in [4.78, 5) is 14.2. The Morgan fingerprint density at radius 2 is 2.25 bits per heavy atom. The lowest BCUT2D eigenvalue weighted by Crippen LogP contribution is -2.38. The molecule has 0 aliphatic rings. The number of rotatable bonds is 3. The Bertz CT molecular complexity index is 638. The molecule has 20 heavy (non-hydrogen) atoms. The van der Waals surface area contributed by atoms with Crippen LogP contribution >= 0.6 is 22.7 Å². The molecule has 0 saturated carbocycles. The first-order valence-electron chi connectivity index (χ1n) is 5.96. The maximum atomic E-state index is 10.8. The molecule has 3 N–H and O–H groups in total. The number of amides is 2. The van der Waals surface area contributed by atoms with E-state index in [0.717, 1.165) is 11.3 Å². The van der Waals surface area contributed by atoms with Gasteiger partial charge in [-0.15, -0.1) is 22.7 Å². The van der Waals surface area contributed by atoms with Crippen molar-refractivity contribution in [3.8, 4) is 11.8 Å². The van der Waals surface area contributed by atoms with Gasteiger partial charge in [0.05, 0.1) is 4.88 Å². The first-order valence-corrected chi connectivity index (χ1v) is 7.66. The third-order valence-electron chi connectivity index (χ3n) is 2.59. The van der Waals surface area contributed by atoms with Crippen molar-refractivity contribution in [2.24, 2.45) is 5.73 Å². The lowest BCUT2D eigenvalue weighted by Gasteiger charge is -2.14. The summed E-state index contributed by atoms with van der Waals surface area (Å²) in [5.74, 6) is 5.73. The van der Waals surface area contributed by atoms with E-state index in [1.807, 2.05) is 18.2 Å². The molecule has 0 bridgehead atoms. The number of nitrogens with two attached hydrogens (primary N) is 1. The molecule has 0 aliphatic carbocycles. The molecule has 0 aliphatic heterocycles. The Balaban J connectivity index is 2.01. The van der Waals surface area contributed by atoms with Gasteiger partial charge < -0.3 is 5.73 Å². The highest BCUT2D eigenvalue weighted by Gasteiger charge is 2.11. The number of hydroxylamine groups is 2. The summed E-state index contributed by atoms with van der Waals surface area (Å²) in [6, 6.07) is 6.60. The Morgan fingerprint density at radius 1 is 1.45 bits per heavy atom. The zero-order valence-electron chi connectivity index (χ0n) is 10.9. The SMILES string of the molecule is CC(C#Cc1ccc(Cc2cccs2)s1)N(O)C(N)=O. The standard InChI is InChI=1S/C14H14N2O2S2/c1-10(16(18)14(15)17)4-5-11-6-7-13(20-11)9-12-3-2-8-19-12/h2-3,6-8,10,18H,9H2,1H3,(H2,15,17). The molecule has 2 amide bonds. The number of thiophene rings is 2. The monoisotopic (exact) mass is 306 g/mol. The minimum Gasteiger partial charge on any atom is -0.350 e. The molecular formula is C14H14N2O2S2. The first-order chi connectivity index (χ1) is 9.56. The largest absolute Gasteiger partial charge is 0.350 e.